The molecule has 0 aromatic heterocycles. The van der Waals surface area contributed by atoms with Gasteiger partial charge >= 0.3 is 12.3 Å². The van der Waals surface area contributed by atoms with E-state index in [2.05, 4.69) is 4.74 Å². The lowest BCUT2D eigenvalue weighted by Gasteiger charge is -2.12. The third kappa shape index (κ3) is 6.10. The van der Waals surface area contributed by atoms with Gasteiger partial charge in [0.05, 0.1) is 6.10 Å². The molecule has 0 spiro atoms. The SMILES string of the molecule is O=C(O)CCCC(O)c1ccc(OC(F)(F)F)cc1. The summed E-state index contributed by atoms with van der Waals surface area (Å²) in [7, 11) is 0. The molecule has 0 radical (unpaired) electrons. The zero-order valence-electron chi connectivity index (χ0n) is 9.85. The molecule has 1 unspecified atom stereocenters. The lowest BCUT2D eigenvalue weighted by Crippen LogP contribution is -2.17. The predicted octanol–water partition coefficient (Wildman–Crippen LogP) is 2.87. The van der Waals surface area contributed by atoms with E-state index >= 15 is 0 Å². The Morgan fingerprint density at radius 3 is 2.32 bits per heavy atom. The van der Waals surface area contributed by atoms with Crippen LogP contribution >= 0.6 is 0 Å². The van der Waals surface area contributed by atoms with Crippen LogP contribution in [0.2, 0.25) is 0 Å². The smallest absolute Gasteiger partial charge is 0.481 e. The number of aliphatic carboxylic acids is 1. The summed E-state index contributed by atoms with van der Waals surface area (Å²) < 4.78 is 39.4. The Hall–Kier alpha value is -1.76. The fourth-order valence-electron chi connectivity index (χ4n) is 1.50. The first-order valence-electron chi connectivity index (χ1n) is 5.53. The average molecular weight is 278 g/mol. The van der Waals surface area contributed by atoms with Crippen LogP contribution in [0.1, 0.15) is 30.9 Å². The Labute approximate surface area is 107 Å². The van der Waals surface area contributed by atoms with Crippen molar-refractivity contribution < 1.29 is 32.9 Å². The molecular formula is C12H13F3O4. The van der Waals surface area contributed by atoms with Crippen molar-refractivity contribution in [3.05, 3.63) is 29.8 Å². The molecule has 1 rings (SSSR count). The lowest BCUT2D eigenvalue weighted by molar-refractivity contribution is -0.274. The molecule has 7 heteroatoms. The number of aliphatic hydroxyl groups is 1. The standard InChI is InChI=1S/C12H13F3O4/c13-12(14,15)19-9-6-4-8(5-7-9)10(16)2-1-3-11(17)18/h4-7,10,16H,1-3H2,(H,17,18). The number of carboxylic acid groups (broad SMARTS) is 1. The largest absolute Gasteiger partial charge is 0.573 e. The van der Waals surface area contributed by atoms with Crippen molar-refractivity contribution in [2.45, 2.75) is 31.7 Å². The first kappa shape index (κ1) is 15.3. The van der Waals surface area contributed by atoms with Crippen LogP contribution in [0.4, 0.5) is 13.2 Å². The van der Waals surface area contributed by atoms with Gasteiger partial charge in [0.25, 0.3) is 0 Å². The Bertz CT molecular complexity index is 414. The second-order valence-corrected chi connectivity index (χ2v) is 3.92. The quantitative estimate of drug-likeness (QED) is 0.839. The number of hydrogen-bond donors (Lipinski definition) is 2. The Balaban J connectivity index is 2.53. The van der Waals surface area contributed by atoms with Crippen LogP contribution in [0.15, 0.2) is 24.3 Å². The number of carboxylic acids is 1. The normalized spacial score (nSPS) is 13.1. The monoisotopic (exact) mass is 278 g/mol. The second-order valence-electron chi connectivity index (χ2n) is 3.92. The third-order valence-electron chi connectivity index (χ3n) is 2.37. The van der Waals surface area contributed by atoms with Crippen LogP contribution in [0.5, 0.6) is 5.75 Å². The fourth-order valence-corrected chi connectivity index (χ4v) is 1.50. The molecular weight excluding hydrogens is 265 g/mol. The van der Waals surface area contributed by atoms with Crippen molar-refractivity contribution in [2.75, 3.05) is 0 Å². The Morgan fingerprint density at radius 2 is 1.84 bits per heavy atom. The van der Waals surface area contributed by atoms with Gasteiger partial charge < -0.3 is 14.9 Å². The van der Waals surface area contributed by atoms with Gasteiger partial charge in [-0.25, -0.2) is 0 Å². The highest BCUT2D eigenvalue weighted by molar-refractivity contribution is 5.66. The summed E-state index contributed by atoms with van der Waals surface area (Å²) in [5.74, 6) is -1.32. The highest BCUT2D eigenvalue weighted by atomic mass is 19.4. The minimum Gasteiger partial charge on any atom is -0.481 e. The van der Waals surface area contributed by atoms with E-state index in [1.165, 1.54) is 12.1 Å². The molecule has 0 bridgehead atoms. The summed E-state index contributed by atoms with van der Waals surface area (Å²) in [6.07, 6.45) is -5.20. The molecule has 1 atom stereocenters. The summed E-state index contributed by atoms with van der Waals surface area (Å²) in [5, 5.41) is 18.1. The van der Waals surface area contributed by atoms with Crippen molar-refractivity contribution in [1.82, 2.24) is 0 Å². The number of rotatable bonds is 6. The van der Waals surface area contributed by atoms with Gasteiger partial charge in [0.1, 0.15) is 5.75 Å². The summed E-state index contributed by atoms with van der Waals surface area (Å²) >= 11 is 0. The maximum absolute atomic E-state index is 11.9. The maximum Gasteiger partial charge on any atom is 0.573 e. The number of halogens is 3. The molecule has 0 saturated heterocycles. The zero-order valence-corrected chi connectivity index (χ0v) is 9.85. The van der Waals surface area contributed by atoms with E-state index in [9.17, 15) is 23.1 Å². The number of alkyl halides is 3. The molecule has 0 amide bonds. The Morgan fingerprint density at radius 1 is 1.26 bits per heavy atom. The van der Waals surface area contributed by atoms with Crippen molar-refractivity contribution in [2.24, 2.45) is 0 Å². The van der Waals surface area contributed by atoms with Gasteiger partial charge in [0.2, 0.25) is 0 Å². The van der Waals surface area contributed by atoms with Gasteiger partial charge in [0.15, 0.2) is 0 Å². The van der Waals surface area contributed by atoms with Crippen LogP contribution in [0.25, 0.3) is 0 Å². The zero-order chi connectivity index (χ0) is 14.5. The molecule has 0 saturated carbocycles. The van der Waals surface area contributed by atoms with Gasteiger partial charge in [-0.3, -0.25) is 4.79 Å². The number of hydrogen-bond acceptors (Lipinski definition) is 3. The Kier molecular flexibility index (Phi) is 5.17. The molecule has 0 heterocycles. The minimum atomic E-state index is -4.75. The van der Waals surface area contributed by atoms with Crippen molar-refractivity contribution in [1.29, 1.82) is 0 Å². The van der Waals surface area contributed by atoms with Crippen LogP contribution in [-0.2, 0) is 4.79 Å². The predicted molar refractivity (Wildman–Crippen MR) is 59.6 cm³/mol. The number of benzene rings is 1. The van der Waals surface area contributed by atoms with E-state index in [4.69, 9.17) is 5.11 Å². The molecule has 1 aromatic rings. The van der Waals surface area contributed by atoms with E-state index in [1.807, 2.05) is 0 Å². The summed E-state index contributed by atoms with van der Waals surface area (Å²) in [6.45, 7) is 0. The van der Waals surface area contributed by atoms with Gasteiger partial charge in [-0.2, -0.15) is 0 Å². The van der Waals surface area contributed by atoms with E-state index in [0.717, 1.165) is 12.1 Å². The van der Waals surface area contributed by atoms with E-state index in [-0.39, 0.29) is 25.0 Å². The molecule has 1 aromatic carbocycles. The van der Waals surface area contributed by atoms with E-state index in [0.29, 0.717) is 5.56 Å². The first-order valence-corrected chi connectivity index (χ1v) is 5.53. The maximum atomic E-state index is 11.9. The lowest BCUT2D eigenvalue weighted by atomic mass is 10.0. The minimum absolute atomic E-state index is 0.0632. The van der Waals surface area contributed by atoms with Crippen molar-refractivity contribution in [3.8, 4) is 5.75 Å². The first-order chi connectivity index (χ1) is 8.78. The molecule has 106 valence electrons. The van der Waals surface area contributed by atoms with Crippen LogP contribution in [0.3, 0.4) is 0 Å². The highest BCUT2D eigenvalue weighted by Crippen LogP contribution is 2.25. The molecule has 4 nitrogen and oxygen atoms in total. The number of carbonyl (C=O) groups is 1. The molecule has 2 N–H and O–H groups in total. The van der Waals surface area contributed by atoms with Crippen LogP contribution < -0.4 is 4.74 Å². The van der Waals surface area contributed by atoms with Crippen LogP contribution in [0, 0.1) is 0 Å². The number of ether oxygens (including phenoxy) is 1. The molecule has 0 aliphatic heterocycles. The van der Waals surface area contributed by atoms with Gasteiger partial charge in [-0.05, 0) is 30.5 Å². The summed E-state index contributed by atoms with van der Waals surface area (Å²) in [6, 6.07) is 4.82. The topological polar surface area (TPSA) is 66.8 Å². The fraction of sp³-hybridized carbons (Fsp3) is 0.417. The van der Waals surface area contributed by atoms with Gasteiger partial charge in [-0.1, -0.05) is 12.1 Å². The molecule has 0 aliphatic carbocycles. The molecule has 0 fully saturated rings. The molecule has 0 aliphatic rings. The number of aliphatic hydroxyl groups excluding tert-OH is 1. The molecule has 19 heavy (non-hydrogen) atoms. The summed E-state index contributed by atoms with van der Waals surface area (Å²) in [4.78, 5) is 10.3. The highest BCUT2D eigenvalue weighted by Gasteiger charge is 2.31. The third-order valence-corrected chi connectivity index (χ3v) is 2.37. The van der Waals surface area contributed by atoms with E-state index in [1.54, 1.807) is 0 Å². The van der Waals surface area contributed by atoms with Crippen molar-refractivity contribution in [3.63, 3.8) is 0 Å². The average Bonchev–Trinajstić information content (AvgIpc) is 2.27. The van der Waals surface area contributed by atoms with Crippen LogP contribution in [-0.4, -0.2) is 22.5 Å². The summed E-state index contributed by atoms with van der Waals surface area (Å²) in [5.41, 5.74) is 0.417. The van der Waals surface area contributed by atoms with Gasteiger partial charge in [-0.15, -0.1) is 13.2 Å². The van der Waals surface area contributed by atoms with E-state index < -0.39 is 18.4 Å². The van der Waals surface area contributed by atoms with Crippen molar-refractivity contribution >= 4 is 5.97 Å². The second kappa shape index (κ2) is 6.42. The van der Waals surface area contributed by atoms with Gasteiger partial charge in [0, 0.05) is 6.42 Å².